The molecule has 1 heterocycles. The third kappa shape index (κ3) is 3.71. The summed E-state index contributed by atoms with van der Waals surface area (Å²) in [5.74, 6) is 0. The molecular weight excluding hydrogens is 352 g/mol. The quantitative estimate of drug-likeness (QED) is 0.618. The first-order chi connectivity index (χ1) is 12.0. The number of benzene rings is 2. The zero-order chi connectivity index (χ0) is 18.0. The summed E-state index contributed by atoms with van der Waals surface area (Å²) in [4.78, 5) is 17.6. The largest absolute Gasteiger partial charge is 0.337 e. The Hall–Kier alpha value is -2.69. The second-order valence-electron chi connectivity index (χ2n) is 5.78. The average Bonchev–Trinajstić information content (AvgIpc) is 2.94. The molecule has 2 amide bonds. The maximum absolute atomic E-state index is 12.8. The zero-order valence-corrected chi connectivity index (χ0v) is 15.4. The molecule has 3 rings (SSSR count). The molecule has 0 radical (unpaired) electrons. The molecule has 0 aliphatic carbocycles. The molecule has 0 saturated carbocycles. The van der Waals surface area contributed by atoms with E-state index in [1.807, 2.05) is 32.0 Å². The smallest absolute Gasteiger partial charge is 0.326 e. The first-order valence-corrected chi connectivity index (χ1v) is 8.93. The average molecular weight is 368 g/mol. The fraction of sp³-hybridized carbons (Fsp3) is 0.167. The number of hydrogen-bond donors (Lipinski definition) is 2. The zero-order valence-electron chi connectivity index (χ0n) is 13.7. The standard InChI is InChI=1S/C18H16N4OS2/c1-11(2)22(14-7-8-15-16(9-14)25-18(24)21-15)17(23)20-13-5-3-12(10-19)4-6-13/h3-9,11H,1-2H3,(H,20,23)(H,21,24). The number of carbonyl (C=O) groups excluding carboxylic acids is 1. The molecule has 0 unspecified atom stereocenters. The summed E-state index contributed by atoms with van der Waals surface area (Å²) >= 11 is 6.66. The van der Waals surface area contributed by atoms with Crippen LogP contribution in [0.2, 0.25) is 0 Å². The molecule has 0 aliphatic rings. The Morgan fingerprint density at radius 3 is 2.64 bits per heavy atom. The van der Waals surface area contributed by atoms with Crippen LogP contribution in [0.5, 0.6) is 0 Å². The number of nitriles is 1. The Morgan fingerprint density at radius 2 is 2.00 bits per heavy atom. The lowest BCUT2D eigenvalue weighted by molar-refractivity contribution is 0.255. The number of nitrogens with zero attached hydrogens (tertiary/aromatic N) is 2. The van der Waals surface area contributed by atoms with Crippen LogP contribution in [0, 0.1) is 15.3 Å². The van der Waals surface area contributed by atoms with Crippen LogP contribution < -0.4 is 10.2 Å². The molecule has 2 aromatic carbocycles. The third-order valence-corrected chi connectivity index (χ3v) is 4.88. The lowest BCUT2D eigenvalue weighted by Gasteiger charge is -2.27. The summed E-state index contributed by atoms with van der Waals surface area (Å²) in [5, 5.41) is 11.7. The van der Waals surface area contributed by atoms with Gasteiger partial charge in [-0.15, -0.1) is 11.3 Å². The second-order valence-corrected chi connectivity index (χ2v) is 7.50. The summed E-state index contributed by atoms with van der Waals surface area (Å²) < 4.78 is 1.73. The van der Waals surface area contributed by atoms with Crippen LogP contribution >= 0.6 is 23.6 Å². The molecule has 5 nitrogen and oxygen atoms in total. The number of aromatic nitrogens is 1. The maximum atomic E-state index is 12.8. The van der Waals surface area contributed by atoms with Crippen LogP contribution in [-0.4, -0.2) is 17.1 Å². The normalized spacial score (nSPS) is 10.6. The summed E-state index contributed by atoms with van der Waals surface area (Å²) in [6.45, 7) is 3.92. The minimum Gasteiger partial charge on any atom is -0.337 e. The van der Waals surface area contributed by atoms with E-state index in [0.29, 0.717) is 15.2 Å². The first-order valence-electron chi connectivity index (χ1n) is 7.71. The predicted molar refractivity (Wildman–Crippen MR) is 105 cm³/mol. The third-order valence-electron chi connectivity index (χ3n) is 3.68. The molecule has 0 saturated heterocycles. The van der Waals surface area contributed by atoms with Gasteiger partial charge in [0.05, 0.1) is 21.8 Å². The highest BCUT2D eigenvalue weighted by Gasteiger charge is 2.20. The van der Waals surface area contributed by atoms with E-state index in [0.717, 1.165) is 15.9 Å². The first kappa shape index (κ1) is 17.1. The van der Waals surface area contributed by atoms with Crippen molar-refractivity contribution >= 4 is 51.2 Å². The fourth-order valence-corrected chi connectivity index (χ4v) is 3.69. The van der Waals surface area contributed by atoms with Gasteiger partial charge in [0.25, 0.3) is 0 Å². The van der Waals surface area contributed by atoms with Gasteiger partial charge < -0.3 is 10.3 Å². The molecule has 2 N–H and O–H groups in total. The molecule has 1 aromatic heterocycles. The minimum absolute atomic E-state index is 0.0252. The molecule has 126 valence electrons. The number of rotatable bonds is 3. The lowest BCUT2D eigenvalue weighted by atomic mass is 10.2. The predicted octanol–water partition coefficient (Wildman–Crippen LogP) is 5.28. The van der Waals surface area contributed by atoms with Crippen molar-refractivity contribution in [3.8, 4) is 6.07 Å². The highest BCUT2D eigenvalue weighted by Crippen LogP contribution is 2.27. The van der Waals surface area contributed by atoms with Crippen molar-refractivity contribution < 1.29 is 4.79 Å². The number of urea groups is 1. The SMILES string of the molecule is CC(C)N(C(=O)Nc1ccc(C#N)cc1)c1ccc2[nH]c(=S)sc2c1. The number of fused-ring (bicyclic) bond motifs is 1. The molecule has 25 heavy (non-hydrogen) atoms. The summed E-state index contributed by atoms with van der Waals surface area (Å²) in [6.07, 6.45) is 0. The number of thiazole rings is 1. The van der Waals surface area contributed by atoms with Gasteiger partial charge in [0.15, 0.2) is 3.95 Å². The molecule has 7 heteroatoms. The Labute approximate surface area is 154 Å². The Bertz CT molecular complexity index is 1010. The van der Waals surface area contributed by atoms with E-state index in [-0.39, 0.29) is 12.1 Å². The Kier molecular flexibility index (Phi) is 4.83. The monoisotopic (exact) mass is 368 g/mol. The van der Waals surface area contributed by atoms with Crippen molar-refractivity contribution in [3.05, 3.63) is 52.0 Å². The van der Waals surface area contributed by atoms with Crippen molar-refractivity contribution in [2.45, 2.75) is 19.9 Å². The topological polar surface area (TPSA) is 71.9 Å². The Balaban J connectivity index is 1.89. The van der Waals surface area contributed by atoms with E-state index in [4.69, 9.17) is 17.5 Å². The molecule has 0 aliphatic heterocycles. The van der Waals surface area contributed by atoms with Gasteiger partial charge in [-0.1, -0.05) is 0 Å². The van der Waals surface area contributed by atoms with E-state index >= 15 is 0 Å². The van der Waals surface area contributed by atoms with Gasteiger partial charge in [-0.2, -0.15) is 5.26 Å². The summed E-state index contributed by atoms with van der Waals surface area (Å²) in [7, 11) is 0. The summed E-state index contributed by atoms with van der Waals surface area (Å²) in [6, 6.07) is 14.4. The summed E-state index contributed by atoms with van der Waals surface area (Å²) in [5.41, 5.74) is 2.97. The van der Waals surface area contributed by atoms with Crippen LogP contribution in [0.3, 0.4) is 0 Å². The van der Waals surface area contributed by atoms with Crippen LogP contribution in [0.15, 0.2) is 42.5 Å². The van der Waals surface area contributed by atoms with Gasteiger partial charge in [-0.3, -0.25) is 4.90 Å². The number of H-pyrrole nitrogens is 1. The lowest BCUT2D eigenvalue weighted by Crippen LogP contribution is -2.40. The van der Waals surface area contributed by atoms with E-state index in [1.54, 1.807) is 29.2 Å². The van der Waals surface area contributed by atoms with Gasteiger partial charge in [0.1, 0.15) is 0 Å². The van der Waals surface area contributed by atoms with Crippen molar-refractivity contribution in [3.63, 3.8) is 0 Å². The molecule has 0 bridgehead atoms. The highest BCUT2D eigenvalue weighted by molar-refractivity contribution is 7.73. The van der Waals surface area contributed by atoms with E-state index in [9.17, 15) is 4.79 Å². The molecular formula is C18H16N4OS2. The molecule has 0 atom stereocenters. The van der Waals surface area contributed by atoms with Crippen molar-refractivity contribution in [2.24, 2.45) is 0 Å². The number of carbonyl (C=O) groups is 1. The maximum Gasteiger partial charge on any atom is 0.326 e. The number of anilines is 2. The molecule has 0 fully saturated rings. The van der Waals surface area contributed by atoms with Gasteiger partial charge in [0.2, 0.25) is 0 Å². The molecule has 0 spiro atoms. The van der Waals surface area contributed by atoms with Crippen molar-refractivity contribution in [1.82, 2.24) is 4.98 Å². The van der Waals surface area contributed by atoms with Crippen LogP contribution in [0.4, 0.5) is 16.2 Å². The van der Waals surface area contributed by atoms with E-state index in [1.165, 1.54) is 11.3 Å². The van der Waals surface area contributed by atoms with Gasteiger partial charge in [0, 0.05) is 17.4 Å². The van der Waals surface area contributed by atoms with Crippen LogP contribution in [-0.2, 0) is 0 Å². The van der Waals surface area contributed by atoms with E-state index < -0.39 is 0 Å². The van der Waals surface area contributed by atoms with Crippen molar-refractivity contribution in [2.75, 3.05) is 10.2 Å². The fourth-order valence-electron chi connectivity index (χ4n) is 2.55. The number of nitrogens with one attached hydrogen (secondary N) is 2. The number of hydrogen-bond acceptors (Lipinski definition) is 4. The Morgan fingerprint density at radius 1 is 1.28 bits per heavy atom. The van der Waals surface area contributed by atoms with Gasteiger partial charge >= 0.3 is 6.03 Å². The van der Waals surface area contributed by atoms with Gasteiger partial charge in [-0.25, -0.2) is 4.79 Å². The minimum atomic E-state index is -0.224. The number of amides is 2. The van der Waals surface area contributed by atoms with E-state index in [2.05, 4.69) is 16.4 Å². The van der Waals surface area contributed by atoms with Crippen LogP contribution in [0.25, 0.3) is 10.2 Å². The highest BCUT2D eigenvalue weighted by atomic mass is 32.1. The van der Waals surface area contributed by atoms with Crippen LogP contribution in [0.1, 0.15) is 19.4 Å². The van der Waals surface area contributed by atoms with Gasteiger partial charge in [-0.05, 0) is 68.5 Å². The van der Waals surface area contributed by atoms with Crippen molar-refractivity contribution in [1.29, 1.82) is 5.26 Å². The number of aromatic amines is 1. The second kappa shape index (κ2) is 7.05. The molecule has 3 aromatic rings.